The summed E-state index contributed by atoms with van der Waals surface area (Å²) >= 11 is 0. The summed E-state index contributed by atoms with van der Waals surface area (Å²) in [7, 11) is 3.29. The van der Waals surface area contributed by atoms with Gasteiger partial charge in [-0.15, -0.1) is 0 Å². The van der Waals surface area contributed by atoms with Gasteiger partial charge in [0.2, 0.25) is 6.79 Å². The maximum absolute atomic E-state index is 6.27. The van der Waals surface area contributed by atoms with Gasteiger partial charge in [-0.05, 0) is 36.2 Å². The highest BCUT2D eigenvalue weighted by Crippen LogP contribution is 2.52. The zero-order valence-electron chi connectivity index (χ0n) is 16.3. The average Bonchev–Trinajstić information content (AvgIpc) is 3.44. The highest BCUT2D eigenvalue weighted by Gasteiger charge is 2.48. The third-order valence-electron chi connectivity index (χ3n) is 6.14. The molecule has 6 heteroatoms. The summed E-state index contributed by atoms with van der Waals surface area (Å²) in [5.74, 6) is 3.68. The van der Waals surface area contributed by atoms with Crippen LogP contribution in [0.3, 0.4) is 0 Å². The number of methoxy groups -OCH3 is 2. The second-order valence-electron chi connectivity index (χ2n) is 7.46. The Bertz CT molecular complexity index is 895. The molecule has 148 valence electrons. The van der Waals surface area contributed by atoms with Crippen molar-refractivity contribution >= 4 is 0 Å². The minimum Gasteiger partial charge on any atom is -0.493 e. The van der Waals surface area contributed by atoms with E-state index in [1.807, 2.05) is 24.3 Å². The highest BCUT2D eigenvalue weighted by atomic mass is 16.7. The van der Waals surface area contributed by atoms with Crippen LogP contribution < -0.4 is 18.9 Å². The van der Waals surface area contributed by atoms with Crippen LogP contribution in [0.2, 0.25) is 0 Å². The number of rotatable bonds is 4. The fourth-order valence-corrected chi connectivity index (χ4v) is 4.68. The Hall–Kier alpha value is -2.44. The van der Waals surface area contributed by atoms with E-state index >= 15 is 0 Å². The smallest absolute Gasteiger partial charge is 0.231 e. The summed E-state index contributed by atoms with van der Waals surface area (Å²) in [6, 6.07) is 10.1. The van der Waals surface area contributed by atoms with E-state index in [9.17, 15) is 0 Å². The number of hydrogen-bond donors (Lipinski definition) is 0. The Labute approximate surface area is 164 Å². The Kier molecular flexibility index (Phi) is 4.33. The first-order valence-electron chi connectivity index (χ1n) is 9.55. The van der Waals surface area contributed by atoms with Crippen LogP contribution in [0, 0.1) is 18.8 Å². The molecule has 0 aromatic heterocycles. The lowest BCUT2D eigenvalue weighted by Crippen LogP contribution is -2.15. The van der Waals surface area contributed by atoms with E-state index in [2.05, 4.69) is 13.0 Å². The van der Waals surface area contributed by atoms with Gasteiger partial charge in [0, 0.05) is 17.4 Å². The van der Waals surface area contributed by atoms with Crippen LogP contribution in [-0.4, -0.2) is 34.2 Å². The number of ether oxygens (including phenoxy) is 6. The van der Waals surface area contributed by atoms with Crippen molar-refractivity contribution in [3.63, 3.8) is 0 Å². The van der Waals surface area contributed by atoms with Gasteiger partial charge >= 0.3 is 0 Å². The SMILES string of the molecule is COc1ccc([C@H]2OC[C@H]3[C@@H]2CO[C@@H]3c2ccc3c(c2C)OCO3)cc1OC. The van der Waals surface area contributed by atoms with Gasteiger partial charge in [-0.3, -0.25) is 0 Å². The van der Waals surface area contributed by atoms with Crippen LogP contribution in [0.1, 0.15) is 28.9 Å². The molecule has 0 bridgehead atoms. The molecule has 2 saturated heterocycles. The highest BCUT2D eigenvalue weighted by molar-refractivity contribution is 5.52. The van der Waals surface area contributed by atoms with Crippen molar-refractivity contribution in [1.82, 2.24) is 0 Å². The normalized spacial score (nSPS) is 27.7. The van der Waals surface area contributed by atoms with E-state index in [1.54, 1.807) is 14.2 Å². The third-order valence-corrected chi connectivity index (χ3v) is 6.14. The Morgan fingerprint density at radius 2 is 1.61 bits per heavy atom. The topological polar surface area (TPSA) is 55.4 Å². The van der Waals surface area contributed by atoms with Gasteiger partial charge in [0.15, 0.2) is 23.0 Å². The van der Waals surface area contributed by atoms with Crippen molar-refractivity contribution in [2.45, 2.75) is 19.1 Å². The number of fused-ring (bicyclic) bond motifs is 2. The Balaban J connectivity index is 1.41. The van der Waals surface area contributed by atoms with Crippen LogP contribution in [0.5, 0.6) is 23.0 Å². The number of hydrogen-bond acceptors (Lipinski definition) is 6. The molecule has 6 nitrogen and oxygen atoms in total. The zero-order chi connectivity index (χ0) is 19.3. The Morgan fingerprint density at radius 1 is 0.857 bits per heavy atom. The molecule has 0 amide bonds. The molecule has 5 rings (SSSR count). The van der Waals surface area contributed by atoms with Crippen molar-refractivity contribution in [3.8, 4) is 23.0 Å². The fraction of sp³-hybridized carbons (Fsp3) is 0.455. The fourth-order valence-electron chi connectivity index (χ4n) is 4.68. The lowest BCUT2D eigenvalue weighted by Gasteiger charge is -2.19. The molecular formula is C22H24O6. The molecule has 2 aromatic carbocycles. The molecule has 0 unspecified atom stereocenters. The van der Waals surface area contributed by atoms with Crippen molar-refractivity contribution in [1.29, 1.82) is 0 Å². The first kappa shape index (κ1) is 17.6. The van der Waals surface area contributed by atoms with Crippen LogP contribution in [-0.2, 0) is 9.47 Å². The van der Waals surface area contributed by atoms with Crippen LogP contribution in [0.4, 0.5) is 0 Å². The minimum absolute atomic E-state index is 0.00430. The van der Waals surface area contributed by atoms with Crippen LogP contribution in [0.15, 0.2) is 30.3 Å². The lowest BCUT2D eigenvalue weighted by molar-refractivity contribution is 0.0189. The molecule has 2 fully saturated rings. The second-order valence-corrected chi connectivity index (χ2v) is 7.46. The van der Waals surface area contributed by atoms with E-state index < -0.39 is 0 Å². The number of benzene rings is 2. The maximum Gasteiger partial charge on any atom is 0.231 e. The van der Waals surface area contributed by atoms with Gasteiger partial charge < -0.3 is 28.4 Å². The standard InChI is InChI=1S/C22H24O6/c1-12-14(5-7-18-20(12)28-11-27-18)22-16-10-25-21(15(16)9-26-22)13-4-6-17(23-2)19(8-13)24-3/h4-8,15-16,21-22H,9-11H2,1-3H3/t15-,16-,21+,22+/m0/s1. The molecule has 3 heterocycles. The van der Waals surface area contributed by atoms with Gasteiger partial charge in [0.1, 0.15) is 0 Å². The quantitative estimate of drug-likeness (QED) is 0.799. The summed E-state index contributed by atoms with van der Waals surface area (Å²) in [6.45, 7) is 3.69. The first-order valence-corrected chi connectivity index (χ1v) is 9.55. The van der Waals surface area contributed by atoms with Crippen LogP contribution in [0.25, 0.3) is 0 Å². The summed E-state index contributed by atoms with van der Waals surface area (Å²) in [4.78, 5) is 0. The molecule has 0 radical (unpaired) electrons. The maximum atomic E-state index is 6.27. The predicted octanol–water partition coefficient (Wildman–Crippen LogP) is 3.82. The molecule has 0 spiro atoms. The first-order chi connectivity index (χ1) is 13.7. The van der Waals surface area contributed by atoms with E-state index in [-0.39, 0.29) is 19.0 Å². The summed E-state index contributed by atoms with van der Waals surface area (Å²) < 4.78 is 34.4. The largest absolute Gasteiger partial charge is 0.493 e. The van der Waals surface area contributed by atoms with E-state index in [0.29, 0.717) is 30.8 Å². The monoisotopic (exact) mass is 384 g/mol. The molecule has 0 saturated carbocycles. The van der Waals surface area contributed by atoms with Gasteiger partial charge in [-0.25, -0.2) is 0 Å². The third kappa shape index (κ3) is 2.63. The summed E-state index contributed by atoms with van der Waals surface area (Å²) in [6.07, 6.45) is -0.00577. The molecule has 3 aliphatic rings. The molecule has 28 heavy (non-hydrogen) atoms. The van der Waals surface area contributed by atoms with Gasteiger partial charge in [-0.2, -0.15) is 0 Å². The van der Waals surface area contributed by atoms with E-state index in [0.717, 1.165) is 33.9 Å². The van der Waals surface area contributed by atoms with Gasteiger partial charge in [-0.1, -0.05) is 12.1 Å². The molecule has 0 N–H and O–H groups in total. The van der Waals surface area contributed by atoms with Crippen molar-refractivity contribution < 1.29 is 28.4 Å². The minimum atomic E-state index is -0.0101. The molecule has 0 aliphatic carbocycles. The second kappa shape index (κ2) is 6.87. The van der Waals surface area contributed by atoms with Gasteiger partial charge in [0.05, 0.1) is 39.6 Å². The molecular weight excluding hydrogens is 360 g/mol. The van der Waals surface area contributed by atoms with E-state index in [4.69, 9.17) is 28.4 Å². The van der Waals surface area contributed by atoms with Gasteiger partial charge in [0.25, 0.3) is 0 Å². The predicted molar refractivity (Wildman–Crippen MR) is 101 cm³/mol. The lowest BCUT2D eigenvalue weighted by atomic mass is 9.84. The molecule has 4 atom stereocenters. The average molecular weight is 384 g/mol. The van der Waals surface area contributed by atoms with Crippen LogP contribution >= 0.6 is 0 Å². The summed E-state index contributed by atoms with van der Waals surface area (Å²) in [5, 5.41) is 0. The van der Waals surface area contributed by atoms with E-state index in [1.165, 1.54) is 0 Å². The Morgan fingerprint density at radius 3 is 2.39 bits per heavy atom. The van der Waals surface area contributed by atoms with Crippen molar-refractivity contribution in [3.05, 3.63) is 47.0 Å². The molecule has 2 aromatic rings. The van der Waals surface area contributed by atoms with Crippen molar-refractivity contribution in [2.75, 3.05) is 34.2 Å². The molecule has 3 aliphatic heterocycles. The summed E-state index contributed by atoms with van der Waals surface area (Å²) in [5.41, 5.74) is 3.35. The van der Waals surface area contributed by atoms with Crippen molar-refractivity contribution in [2.24, 2.45) is 11.8 Å². The zero-order valence-corrected chi connectivity index (χ0v) is 16.3.